The number of carbonyl (C=O) groups excluding carboxylic acids is 1. The zero-order valence-corrected chi connectivity index (χ0v) is 6.26. The number of aldehydes is 1. The van der Waals surface area contributed by atoms with Gasteiger partial charge in [-0.3, -0.25) is 0 Å². The van der Waals surface area contributed by atoms with Crippen molar-refractivity contribution in [2.75, 3.05) is 13.6 Å². The summed E-state index contributed by atoms with van der Waals surface area (Å²) in [6, 6.07) is 0. The first-order valence-corrected chi connectivity index (χ1v) is 3.62. The Balaban J connectivity index is 2.22. The van der Waals surface area contributed by atoms with Crippen LogP contribution in [0.3, 0.4) is 0 Å². The van der Waals surface area contributed by atoms with Gasteiger partial charge in [0.25, 0.3) is 0 Å². The smallest absolute Gasteiger partial charge is 0.124 e. The summed E-state index contributed by atoms with van der Waals surface area (Å²) in [5.74, 6) is 0.126. The van der Waals surface area contributed by atoms with E-state index in [9.17, 15) is 4.79 Å². The molecule has 2 unspecified atom stereocenters. The van der Waals surface area contributed by atoms with Gasteiger partial charge in [-0.2, -0.15) is 0 Å². The van der Waals surface area contributed by atoms with Crippen molar-refractivity contribution in [1.29, 1.82) is 0 Å². The normalized spacial score (nSPS) is 37.6. The molecule has 0 aromatic rings. The van der Waals surface area contributed by atoms with E-state index in [1.54, 1.807) is 0 Å². The summed E-state index contributed by atoms with van der Waals surface area (Å²) >= 11 is 0. The zero-order valence-electron chi connectivity index (χ0n) is 6.26. The van der Waals surface area contributed by atoms with Crippen LogP contribution in [0.4, 0.5) is 0 Å². The number of nitrogens with one attached hydrogen (secondary N) is 1. The van der Waals surface area contributed by atoms with Crippen molar-refractivity contribution in [3.05, 3.63) is 0 Å². The van der Waals surface area contributed by atoms with E-state index in [-0.39, 0.29) is 11.5 Å². The monoisotopic (exact) mass is 142 g/mol. The summed E-state index contributed by atoms with van der Waals surface area (Å²) in [6.45, 7) is 0.904. The van der Waals surface area contributed by atoms with Gasteiger partial charge in [0.1, 0.15) is 6.29 Å². The van der Waals surface area contributed by atoms with Crippen molar-refractivity contribution in [3.63, 3.8) is 0 Å². The van der Waals surface area contributed by atoms with Gasteiger partial charge in [0, 0.05) is 11.5 Å². The molecular weight excluding hydrogens is 128 g/mol. The first-order chi connectivity index (χ1) is 4.73. The van der Waals surface area contributed by atoms with E-state index in [2.05, 4.69) is 5.32 Å². The summed E-state index contributed by atoms with van der Waals surface area (Å²) in [6.07, 6.45) is 2.75. The Hall–Kier alpha value is -0.410. The van der Waals surface area contributed by atoms with Crippen LogP contribution in [-0.4, -0.2) is 25.4 Å². The zero-order chi connectivity index (χ0) is 7.61. The molecule has 1 aliphatic carbocycles. The first-order valence-electron chi connectivity index (χ1n) is 3.62. The predicted molar refractivity (Wildman–Crippen MR) is 39.6 cm³/mol. The number of nitrogens with two attached hydrogens (primary N) is 1. The molecule has 0 saturated heterocycles. The SMILES string of the molecule is CNCCC1(N)CC1C=O. The molecule has 0 radical (unpaired) electrons. The van der Waals surface area contributed by atoms with Crippen LogP contribution in [0.2, 0.25) is 0 Å². The minimum Gasteiger partial charge on any atom is -0.324 e. The van der Waals surface area contributed by atoms with E-state index in [1.807, 2.05) is 7.05 Å². The minimum atomic E-state index is -0.162. The molecule has 0 bridgehead atoms. The average Bonchev–Trinajstić information content (AvgIpc) is 2.59. The van der Waals surface area contributed by atoms with Gasteiger partial charge < -0.3 is 15.8 Å². The molecule has 1 rings (SSSR count). The third-order valence-corrected chi connectivity index (χ3v) is 2.18. The Bertz CT molecular complexity index is 138. The van der Waals surface area contributed by atoms with Crippen molar-refractivity contribution in [3.8, 4) is 0 Å². The molecule has 1 aliphatic rings. The topological polar surface area (TPSA) is 55.1 Å². The van der Waals surface area contributed by atoms with E-state index in [0.29, 0.717) is 0 Å². The molecule has 0 heterocycles. The Morgan fingerprint density at radius 3 is 3.00 bits per heavy atom. The van der Waals surface area contributed by atoms with Crippen LogP contribution in [0.15, 0.2) is 0 Å². The van der Waals surface area contributed by atoms with Crippen LogP contribution >= 0.6 is 0 Å². The highest BCUT2D eigenvalue weighted by Crippen LogP contribution is 2.41. The van der Waals surface area contributed by atoms with Crippen LogP contribution in [0.25, 0.3) is 0 Å². The fourth-order valence-corrected chi connectivity index (χ4v) is 1.18. The third kappa shape index (κ3) is 1.36. The number of rotatable bonds is 4. The van der Waals surface area contributed by atoms with E-state index in [0.717, 1.165) is 25.7 Å². The Kier molecular flexibility index (Phi) is 2.06. The van der Waals surface area contributed by atoms with Crippen molar-refractivity contribution >= 4 is 6.29 Å². The third-order valence-electron chi connectivity index (χ3n) is 2.18. The number of carbonyl (C=O) groups is 1. The summed E-state index contributed by atoms with van der Waals surface area (Å²) in [4.78, 5) is 10.2. The first kappa shape index (κ1) is 7.69. The van der Waals surface area contributed by atoms with Crippen LogP contribution in [0.1, 0.15) is 12.8 Å². The molecule has 0 aromatic carbocycles. The lowest BCUT2D eigenvalue weighted by atomic mass is 10.1. The highest BCUT2D eigenvalue weighted by atomic mass is 16.1. The summed E-state index contributed by atoms with van der Waals surface area (Å²) in [5.41, 5.74) is 5.65. The molecule has 0 aromatic heterocycles. The predicted octanol–water partition coefficient (Wildman–Crippen LogP) is -0.488. The maximum atomic E-state index is 10.2. The lowest BCUT2D eigenvalue weighted by Crippen LogP contribution is -2.29. The largest absolute Gasteiger partial charge is 0.324 e. The minimum absolute atomic E-state index is 0.126. The Morgan fingerprint density at radius 2 is 2.60 bits per heavy atom. The number of hydrogen-bond donors (Lipinski definition) is 2. The van der Waals surface area contributed by atoms with Crippen LogP contribution < -0.4 is 11.1 Å². The average molecular weight is 142 g/mol. The highest BCUT2D eigenvalue weighted by molar-refractivity contribution is 5.61. The summed E-state index contributed by atoms with van der Waals surface area (Å²) < 4.78 is 0. The fraction of sp³-hybridized carbons (Fsp3) is 0.857. The maximum absolute atomic E-state index is 10.2. The van der Waals surface area contributed by atoms with Crippen molar-refractivity contribution in [2.24, 2.45) is 11.7 Å². The molecule has 1 saturated carbocycles. The van der Waals surface area contributed by atoms with E-state index in [4.69, 9.17) is 5.73 Å². The van der Waals surface area contributed by atoms with Crippen molar-refractivity contribution in [1.82, 2.24) is 5.32 Å². The molecule has 10 heavy (non-hydrogen) atoms. The summed E-state index contributed by atoms with van der Waals surface area (Å²) in [5, 5.41) is 3.01. The second kappa shape index (κ2) is 2.68. The van der Waals surface area contributed by atoms with Crippen LogP contribution in [0.5, 0.6) is 0 Å². The summed E-state index contributed by atoms with van der Waals surface area (Å²) in [7, 11) is 1.89. The van der Waals surface area contributed by atoms with E-state index >= 15 is 0 Å². The molecule has 2 atom stereocenters. The van der Waals surface area contributed by atoms with Gasteiger partial charge in [0.2, 0.25) is 0 Å². The standard InChI is InChI=1S/C7H14N2O/c1-9-3-2-7(8)4-6(7)5-10/h5-6,9H,2-4,8H2,1H3. The van der Waals surface area contributed by atoms with E-state index < -0.39 is 0 Å². The van der Waals surface area contributed by atoms with Gasteiger partial charge in [-0.1, -0.05) is 0 Å². The second-order valence-corrected chi connectivity index (χ2v) is 3.03. The van der Waals surface area contributed by atoms with Gasteiger partial charge in [-0.15, -0.1) is 0 Å². The quantitative estimate of drug-likeness (QED) is 0.521. The molecular formula is C7H14N2O. The van der Waals surface area contributed by atoms with Crippen molar-refractivity contribution < 1.29 is 4.79 Å². The maximum Gasteiger partial charge on any atom is 0.124 e. The molecule has 0 aliphatic heterocycles. The molecule has 3 heteroatoms. The lowest BCUT2D eigenvalue weighted by molar-refractivity contribution is -0.109. The Labute approximate surface area is 61.0 Å². The fourth-order valence-electron chi connectivity index (χ4n) is 1.18. The van der Waals surface area contributed by atoms with Gasteiger partial charge >= 0.3 is 0 Å². The van der Waals surface area contributed by atoms with Crippen molar-refractivity contribution in [2.45, 2.75) is 18.4 Å². The molecule has 0 spiro atoms. The van der Waals surface area contributed by atoms with Crippen LogP contribution in [0, 0.1) is 5.92 Å². The molecule has 58 valence electrons. The molecule has 0 amide bonds. The lowest BCUT2D eigenvalue weighted by Gasteiger charge is -2.07. The Morgan fingerprint density at radius 1 is 1.90 bits per heavy atom. The van der Waals surface area contributed by atoms with Gasteiger partial charge in [-0.25, -0.2) is 0 Å². The molecule has 3 nitrogen and oxygen atoms in total. The van der Waals surface area contributed by atoms with Gasteiger partial charge in [-0.05, 0) is 26.4 Å². The van der Waals surface area contributed by atoms with E-state index in [1.165, 1.54) is 0 Å². The second-order valence-electron chi connectivity index (χ2n) is 3.03. The molecule has 1 fully saturated rings. The number of hydrogen-bond acceptors (Lipinski definition) is 3. The van der Waals surface area contributed by atoms with Gasteiger partial charge in [0.15, 0.2) is 0 Å². The highest BCUT2D eigenvalue weighted by Gasteiger charge is 2.49. The van der Waals surface area contributed by atoms with Crippen LogP contribution in [-0.2, 0) is 4.79 Å². The molecule has 3 N–H and O–H groups in total. The van der Waals surface area contributed by atoms with Gasteiger partial charge in [0.05, 0.1) is 0 Å².